The third-order valence-electron chi connectivity index (χ3n) is 4.60. The van der Waals surface area contributed by atoms with Crippen LogP contribution in [0.15, 0.2) is 65.8 Å². The molecule has 0 aromatic heterocycles. The Balaban J connectivity index is 1.68. The third kappa shape index (κ3) is 6.63. The third-order valence-corrected chi connectivity index (χ3v) is 4.97. The second kappa shape index (κ2) is 11.8. The van der Waals surface area contributed by atoms with Crippen molar-refractivity contribution >= 4 is 23.7 Å². The fraction of sp³-hybridized carbons (Fsp3) is 0.200. The Hall–Kier alpha value is -3.71. The lowest BCUT2D eigenvalue weighted by Crippen LogP contribution is -2.17. The fourth-order valence-corrected chi connectivity index (χ4v) is 3.12. The number of amides is 1. The van der Waals surface area contributed by atoms with Crippen LogP contribution in [0.3, 0.4) is 0 Å². The van der Waals surface area contributed by atoms with E-state index in [1.807, 2.05) is 37.3 Å². The van der Waals surface area contributed by atoms with Gasteiger partial charge in [-0.2, -0.15) is 5.10 Å². The fourth-order valence-electron chi connectivity index (χ4n) is 2.93. The number of ether oxygens (including phenoxy) is 4. The lowest BCUT2D eigenvalue weighted by molar-refractivity contribution is 0.0954. The molecule has 172 valence electrons. The largest absolute Gasteiger partial charge is 0.497 e. The molecule has 0 aliphatic rings. The van der Waals surface area contributed by atoms with Gasteiger partial charge in [0.15, 0.2) is 11.5 Å². The van der Waals surface area contributed by atoms with Gasteiger partial charge >= 0.3 is 0 Å². The van der Waals surface area contributed by atoms with Crippen molar-refractivity contribution in [1.82, 2.24) is 5.43 Å². The molecule has 8 heteroatoms. The van der Waals surface area contributed by atoms with E-state index in [1.165, 1.54) is 20.4 Å². The molecule has 1 N–H and O–H groups in total. The maximum absolute atomic E-state index is 12.5. The lowest BCUT2D eigenvalue weighted by Gasteiger charge is -2.13. The number of hydrogen-bond donors (Lipinski definition) is 1. The summed E-state index contributed by atoms with van der Waals surface area (Å²) in [4.78, 5) is 12.5. The zero-order valence-electron chi connectivity index (χ0n) is 18.6. The van der Waals surface area contributed by atoms with Crippen LogP contribution in [0.4, 0.5) is 0 Å². The minimum atomic E-state index is -0.395. The number of hydrogen-bond acceptors (Lipinski definition) is 6. The maximum Gasteiger partial charge on any atom is 0.271 e. The van der Waals surface area contributed by atoms with Crippen LogP contribution in [-0.2, 0) is 6.61 Å². The van der Waals surface area contributed by atoms with Crippen LogP contribution in [0, 0.1) is 0 Å². The van der Waals surface area contributed by atoms with E-state index in [0.29, 0.717) is 46.8 Å². The molecule has 0 aliphatic heterocycles. The number of nitrogens with zero attached hydrogens (tertiary/aromatic N) is 1. The molecule has 33 heavy (non-hydrogen) atoms. The van der Waals surface area contributed by atoms with E-state index in [0.717, 1.165) is 11.1 Å². The van der Waals surface area contributed by atoms with Crippen LogP contribution in [0.5, 0.6) is 23.0 Å². The van der Waals surface area contributed by atoms with Gasteiger partial charge in [0.1, 0.15) is 18.1 Å². The molecule has 0 saturated heterocycles. The average molecular weight is 469 g/mol. The average Bonchev–Trinajstić information content (AvgIpc) is 2.84. The summed E-state index contributed by atoms with van der Waals surface area (Å²) >= 11 is 6.20. The summed E-state index contributed by atoms with van der Waals surface area (Å²) in [6, 6.07) is 17.8. The first-order valence-electron chi connectivity index (χ1n) is 10.2. The second-order valence-corrected chi connectivity index (χ2v) is 7.23. The predicted molar refractivity (Wildman–Crippen MR) is 128 cm³/mol. The van der Waals surface area contributed by atoms with Crippen molar-refractivity contribution in [3.8, 4) is 23.0 Å². The number of hydrazone groups is 1. The van der Waals surface area contributed by atoms with Crippen LogP contribution < -0.4 is 24.4 Å². The first kappa shape index (κ1) is 23.9. The van der Waals surface area contributed by atoms with Crippen molar-refractivity contribution in [3.63, 3.8) is 0 Å². The van der Waals surface area contributed by atoms with Crippen molar-refractivity contribution in [2.45, 2.75) is 13.5 Å². The Morgan fingerprint density at radius 2 is 1.70 bits per heavy atom. The zero-order valence-corrected chi connectivity index (χ0v) is 19.4. The van der Waals surface area contributed by atoms with Gasteiger partial charge in [0, 0.05) is 22.2 Å². The summed E-state index contributed by atoms with van der Waals surface area (Å²) in [5.41, 5.74) is 4.47. The number of benzene rings is 3. The van der Waals surface area contributed by atoms with E-state index in [2.05, 4.69) is 10.5 Å². The van der Waals surface area contributed by atoms with Gasteiger partial charge in [-0.3, -0.25) is 4.79 Å². The van der Waals surface area contributed by atoms with E-state index in [1.54, 1.807) is 30.3 Å². The summed E-state index contributed by atoms with van der Waals surface area (Å²) in [6.07, 6.45) is 1.52. The quantitative estimate of drug-likeness (QED) is 0.331. The molecule has 0 unspecified atom stereocenters. The topological polar surface area (TPSA) is 78.4 Å². The molecule has 1 amide bonds. The molecular formula is C25H25ClN2O5. The van der Waals surface area contributed by atoms with E-state index in [-0.39, 0.29) is 0 Å². The van der Waals surface area contributed by atoms with Gasteiger partial charge in [-0.1, -0.05) is 29.8 Å². The summed E-state index contributed by atoms with van der Waals surface area (Å²) in [6.45, 7) is 2.67. The van der Waals surface area contributed by atoms with Gasteiger partial charge in [0.2, 0.25) is 0 Å². The molecule has 7 nitrogen and oxygen atoms in total. The van der Waals surface area contributed by atoms with Gasteiger partial charge < -0.3 is 18.9 Å². The van der Waals surface area contributed by atoms with Gasteiger partial charge in [0.25, 0.3) is 5.91 Å². The summed E-state index contributed by atoms with van der Waals surface area (Å²) in [7, 11) is 3.04. The number of halogens is 1. The van der Waals surface area contributed by atoms with Crippen molar-refractivity contribution in [3.05, 3.63) is 82.4 Å². The van der Waals surface area contributed by atoms with Crippen LogP contribution in [0.1, 0.15) is 28.4 Å². The van der Waals surface area contributed by atoms with E-state index in [4.69, 9.17) is 30.5 Å². The van der Waals surface area contributed by atoms with E-state index in [9.17, 15) is 4.79 Å². The Kier molecular flexibility index (Phi) is 8.55. The van der Waals surface area contributed by atoms with E-state index < -0.39 is 5.91 Å². The molecule has 0 aliphatic carbocycles. The number of methoxy groups -OCH3 is 2. The highest BCUT2D eigenvalue weighted by Gasteiger charge is 2.10. The van der Waals surface area contributed by atoms with Gasteiger partial charge in [0.05, 0.1) is 27.0 Å². The first-order valence-corrected chi connectivity index (χ1v) is 10.6. The Morgan fingerprint density at radius 1 is 0.970 bits per heavy atom. The van der Waals surface area contributed by atoms with Crippen LogP contribution in [0.2, 0.25) is 5.02 Å². The molecule has 3 aromatic rings. The van der Waals surface area contributed by atoms with E-state index >= 15 is 0 Å². The molecule has 0 fully saturated rings. The van der Waals surface area contributed by atoms with Crippen LogP contribution >= 0.6 is 11.6 Å². The second-order valence-electron chi connectivity index (χ2n) is 6.82. The number of carbonyl (C=O) groups is 1. The monoisotopic (exact) mass is 468 g/mol. The van der Waals surface area contributed by atoms with Gasteiger partial charge in [-0.25, -0.2) is 5.43 Å². The highest BCUT2D eigenvalue weighted by molar-refractivity contribution is 6.31. The van der Waals surface area contributed by atoms with Gasteiger partial charge in [-0.15, -0.1) is 0 Å². The predicted octanol–water partition coefficient (Wildman–Crippen LogP) is 5.10. The zero-order chi connectivity index (χ0) is 23.6. The minimum Gasteiger partial charge on any atom is -0.497 e. The maximum atomic E-state index is 12.5. The molecule has 0 saturated carbocycles. The molecule has 3 rings (SSSR count). The Labute approximate surface area is 197 Å². The molecule has 0 atom stereocenters. The molecule has 0 bridgehead atoms. The highest BCUT2D eigenvalue weighted by Crippen LogP contribution is 2.29. The summed E-state index contributed by atoms with van der Waals surface area (Å²) in [5.74, 6) is 1.78. The smallest absolute Gasteiger partial charge is 0.271 e. The molecule has 3 aromatic carbocycles. The van der Waals surface area contributed by atoms with Crippen molar-refractivity contribution in [2.24, 2.45) is 5.10 Å². The molecule has 0 heterocycles. The van der Waals surface area contributed by atoms with Crippen LogP contribution in [-0.4, -0.2) is 32.9 Å². The SMILES string of the molecule is CCOc1cc(/C=N/NC(=O)c2cc(OC)cc(OC)c2)ccc1OCc1ccccc1Cl. The number of nitrogens with one attached hydrogen (secondary N) is 1. The number of carbonyl (C=O) groups excluding carboxylic acids is 1. The first-order chi connectivity index (χ1) is 16.0. The van der Waals surface area contributed by atoms with Crippen molar-refractivity contribution < 1.29 is 23.7 Å². The lowest BCUT2D eigenvalue weighted by atomic mass is 10.2. The minimum absolute atomic E-state index is 0.313. The molecular weight excluding hydrogens is 444 g/mol. The van der Waals surface area contributed by atoms with Gasteiger partial charge in [-0.05, 0) is 48.9 Å². The summed E-state index contributed by atoms with van der Waals surface area (Å²) < 4.78 is 22.0. The molecule has 0 radical (unpaired) electrons. The summed E-state index contributed by atoms with van der Waals surface area (Å²) in [5, 5.41) is 4.69. The normalized spacial score (nSPS) is 10.7. The molecule has 0 spiro atoms. The van der Waals surface area contributed by atoms with Crippen molar-refractivity contribution in [1.29, 1.82) is 0 Å². The highest BCUT2D eigenvalue weighted by atomic mass is 35.5. The standard InChI is InChI=1S/C25H25ClN2O5/c1-4-32-24-11-17(9-10-23(24)33-16-18-7-5-6-8-22(18)26)15-27-28-25(29)19-12-20(30-2)14-21(13-19)31-3/h5-15H,4,16H2,1-3H3,(H,28,29)/b27-15+. The Morgan fingerprint density at radius 3 is 2.36 bits per heavy atom. The van der Waals surface area contributed by atoms with Crippen molar-refractivity contribution in [2.75, 3.05) is 20.8 Å². The van der Waals surface area contributed by atoms with Crippen LogP contribution in [0.25, 0.3) is 0 Å². The Bertz CT molecular complexity index is 1110. The number of rotatable bonds is 10.